The average molecular weight is 389 g/mol. The number of fused-ring (bicyclic) bond motifs is 1. The van der Waals surface area contributed by atoms with Crippen molar-refractivity contribution in [1.82, 2.24) is 19.7 Å². The molecule has 0 aliphatic heterocycles. The van der Waals surface area contributed by atoms with Crippen LogP contribution in [-0.4, -0.2) is 25.7 Å². The lowest BCUT2D eigenvalue weighted by molar-refractivity contribution is -0.114. The molecule has 0 saturated heterocycles. The van der Waals surface area contributed by atoms with Crippen LogP contribution >= 0.6 is 0 Å². The molecular weight excluding hydrogens is 366 g/mol. The van der Waals surface area contributed by atoms with E-state index >= 15 is 0 Å². The maximum Gasteiger partial charge on any atom is 0.277 e. The summed E-state index contributed by atoms with van der Waals surface area (Å²) in [6, 6.07) is 6.57. The normalized spacial score (nSPS) is 15.6. The standard InChI is InChI=1S/C22H23N5O2/c1-13-4-6-19(14(2)8-13)16-5-7-20-17(9-16)10-25-27(21(20)29)22-23-11-18(12-24-22)26-15(3)28/h4,6,8,10-12,16H,5,7,9H2,1-3H3,(H,26,28). The Balaban J connectivity index is 1.61. The Morgan fingerprint density at radius 3 is 2.62 bits per heavy atom. The molecule has 0 fully saturated rings. The number of carbonyl (C=O) groups is 1. The van der Waals surface area contributed by atoms with Crippen LogP contribution in [0.1, 0.15) is 47.1 Å². The van der Waals surface area contributed by atoms with Crippen molar-refractivity contribution in [2.75, 3.05) is 5.32 Å². The van der Waals surface area contributed by atoms with Crippen LogP contribution in [0.2, 0.25) is 0 Å². The molecule has 2 heterocycles. The molecule has 0 spiro atoms. The highest BCUT2D eigenvalue weighted by Crippen LogP contribution is 2.33. The first kappa shape index (κ1) is 19.0. The van der Waals surface area contributed by atoms with Gasteiger partial charge in [0, 0.05) is 12.5 Å². The fraction of sp³-hybridized carbons (Fsp3) is 0.318. The molecule has 3 aromatic rings. The van der Waals surface area contributed by atoms with E-state index in [1.165, 1.54) is 40.7 Å². The van der Waals surface area contributed by atoms with Crippen LogP contribution in [0.25, 0.3) is 5.95 Å². The number of aryl methyl sites for hydroxylation is 2. The van der Waals surface area contributed by atoms with Gasteiger partial charge in [-0.25, -0.2) is 9.97 Å². The maximum absolute atomic E-state index is 13.0. The Hall–Kier alpha value is -3.35. The predicted octanol–water partition coefficient (Wildman–Crippen LogP) is 2.87. The zero-order valence-corrected chi connectivity index (χ0v) is 16.8. The largest absolute Gasteiger partial charge is 0.324 e. The van der Waals surface area contributed by atoms with Gasteiger partial charge >= 0.3 is 0 Å². The molecule has 1 amide bonds. The van der Waals surface area contributed by atoms with E-state index in [0.29, 0.717) is 18.0 Å². The topological polar surface area (TPSA) is 89.8 Å². The van der Waals surface area contributed by atoms with Crippen LogP contribution in [0.3, 0.4) is 0 Å². The van der Waals surface area contributed by atoms with Gasteiger partial charge in [0.15, 0.2) is 0 Å². The minimum Gasteiger partial charge on any atom is -0.324 e. The number of carbonyl (C=O) groups excluding carboxylic acids is 1. The fourth-order valence-electron chi connectivity index (χ4n) is 4.04. The third-order valence-electron chi connectivity index (χ3n) is 5.39. The summed E-state index contributed by atoms with van der Waals surface area (Å²) in [6.45, 7) is 5.66. The van der Waals surface area contributed by atoms with Crippen LogP contribution < -0.4 is 10.9 Å². The van der Waals surface area contributed by atoms with Crippen LogP contribution in [-0.2, 0) is 17.6 Å². The average Bonchev–Trinajstić information content (AvgIpc) is 2.68. The molecule has 2 aromatic heterocycles. The van der Waals surface area contributed by atoms with Crippen molar-refractivity contribution in [2.24, 2.45) is 0 Å². The second-order valence-corrected chi connectivity index (χ2v) is 7.62. The first-order valence-corrected chi connectivity index (χ1v) is 9.69. The molecule has 1 aliphatic carbocycles. The van der Waals surface area contributed by atoms with Gasteiger partial charge < -0.3 is 5.32 Å². The lowest BCUT2D eigenvalue weighted by atomic mass is 9.79. The Morgan fingerprint density at radius 2 is 1.93 bits per heavy atom. The lowest BCUT2D eigenvalue weighted by Gasteiger charge is -2.26. The smallest absolute Gasteiger partial charge is 0.277 e. The molecular formula is C22H23N5O2. The molecule has 4 rings (SSSR count). The molecule has 1 unspecified atom stereocenters. The minimum atomic E-state index is -0.205. The maximum atomic E-state index is 13.0. The van der Waals surface area contributed by atoms with Gasteiger partial charge in [0.25, 0.3) is 11.5 Å². The molecule has 1 atom stereocenters. The first-order valence-electron chi connectivity index (χ1n) is 9.69. The van der Waals surface area contributed by atoms with Crippen LogP contribution in [0.15, 0.2) is 41.6 Å². The second kappa shape index (κ2) is 7.58. The highest BCUT2D eigenvalue weighted by atomic mass is 16.1. The summed E-state index contributed by atoms with van der Waals surface area (Å²) < 4.78 is 1.23. The Bertz CT molecular complexity index is 1130. The van der Waals surface area contributed by atoms with Crippen molar-refractivity contribution in [1.29, 1.82) is 0 Å². The second-order valence-electron chi connectivity index (χ2n) is 7.62. The zero-order chi connectivity index (χ0) is 20.5. The summed E-state index contributed by atoms with van der Waals surface area (Å²) in [7, 11) is 0. The minimum absolute atomic E-state index is 0.172. The molecule has 29 heavy (non-hydrogen) atoms. The van der Waals surface area contributed by atoms with Crippen LogP contribution in [0, 0.1) is 13.8 Å². The van der Waals surface area contributed by atoms with Gasteiger partial charge in [0.05, 0.1) is 24.3 Å². The lowest BCUT2D eigenvalue weighted by Crippen LogP contribution is -2.30. The number of hydrogen-bond acceptors (Lipinski definition) is 5. The monoisotopic (exact) mass is 389 g/mol. The van der Waals surface area contributed by atoms with Crippen LogP contribution in [0.5, 0.6) is 0 Å². The summed E-state index contributed by atoms with van der Waals surface area (Å²) in [5.74, 6) is 0.389. The summed E-state index contributed by atoms with van der Waals surface area (Å²) in [5.41, 5.74) is 6.00. The van der Waals surface area contributed by atoms with Crippen molar-refractivity contribution >= 4 is 11.6 Å². The highest BCUT2D eigenvalue weighted by Gasteiger charge is 2.25. The van der Waals surface area contributed by atoms with E-state index in [9.17, 15) is 9.59 Å². The molecule has 7 heteroatoms. The molecule has 0 bridgehead atoms. The van der Waals surface area contributed by atoms with Gasteiger partial charge in [-0.3, -0.25) is 9.59 Å². The van der Waals surface area contributed by atoms with Crippen molar-refractivity contribution in [3.8, 4) is 5.95 Å². The van der Waals surface area contributed by atoms with E-state index in [0.717, 1.165) is 24.0 Å². The van der Waals surface area contributed by atoms with E-state index < -0.39 is 0 Å². The summed E-state index contributed by atoms with van der Waals surface area (Å²) in [5, 5.41) is 6.91. The Morgan fingerprint density at radius 1 is 1.17 bits per heavy atom. The SMILES string of the molecule is CC(=O)Nc1cnc(-n2ncc3c(c2=O)CCC(c2ccc(C)cc2C)C3)nc1. The summed E-state index contributed by atoms with van der Waals surface area (Å²) in [6.07, 6.45) is 7.14. The number of benzene rings is 1. The summed E-state index contributed by atoms with van der Waals surface area (Å²) in [4.78, 5) is 32.4. The third kappa shape index (κ3) is 3.81. The first-order chi connectivity index (χ1) is 13.9. The number of rotatable bonds is 3. The van der Waals surface area contributed by atoms with Gasteiger partial charge in [-0.15, -0.1) is 0 Å². The molecule has 1 aliphatic rings. The number of anilines is 1. The fourth-order valence-corrected chi connectivity index (χ4v) is 4.04. The molecule has 1 N–H and O–H groups in total. The Kier molecular flexibility index (Phi) is 4.96. The van der Waals surface area contributed by atoms with Gasteiger partial charge in [-0.1, -0.05) is 23.8 Å². The van der Waals surface area contributed by atoms with E-state index in [1.54, 1.807) is 6.20 Å². The number of nitrogens with one attached hydrogen (secondary N) is 1. The van der Waals surface area contributed by atoms with Gasteiger partial charge in [-0.2, -0.15) is 9.78 Å². The highest BCUT2D eigenvalue weighted by molar-refractivity contribution is 5.88. The van der Waals surface area contributed by atoms with Crippen molar-refractivity contribution in [2.45, 2.75) is 46.0 Å². The predicted molar refractivity (Wildman–Crippen MR) is 110 cm³/mol. The van der Waals surface area contributed by atoms with Gasteiger partial charge in [-0.05, 0) is 55.7 Å². The van der Waals surface area contributed by atoms with E-state index in [-0.39, 0.29) is 17.4 Å². The zero-order valence-electron chi connectivity index (χ0n) is 16.8. The van der Waals surface area contributed by atoms with Crippen molar-refractivity contribution < 1.29 is 4.79 Å². The number of amides is 1. The molecule has 0 saturated carbocycles. The number of hydrogen-bond donors (Lipinski definition) is 1. The molecule has 1 aromatic carbocycles. The molecule has 0 radical (unpaired) electrons. The van der Waals surface area contributed by atoms with Gasteiger partial charge in [0.2, 0.25) is 5.91 Å². The quantitative estimate of drug-likeness (QED) is 0.744. The molecule has 148 valence electrons. The van der Waals surface area contributed by atoms with Gasteiger partial charge in [0.1, 0.15) is 0 Å². The summed E-state index contributed by atoms with van der Waals surface area (Å²) >= 11 is 0. The van der Waals surface area contributed by atoms with E-state index in [4.69, 9.17) is 0 Å². The van der Waals surface area contributed by atoms with Crippen LogP contribution in [0.4, 0.5) is 5.69 Å². The van der Waals surface area contributed by atoms with E-state index in [2.05, 4.69) is 52.4 Å². The third-order valence-corrected chi connectivity index (χ3v) is 5.39. The molecule has 7 nitrogen and oxygen atoms in total. The Labute approximate surface area is 168 Å². The number of nitrogens with zero attached hydrogens (tertiary/aromatic N) is 4. The van der Waals surface area contributed by atoms with E-state index in [1.807, 2.05) is 0 Å². The van der Waals surface area contributed by atoms with Crippen molar-refractivity contribution in [3.63, 3.8) is 0 Å². The number of aromatic nitrogens is 4. The van der Waals surface area contributed by atoms with Crippen molar-refractivity contribution in [3.05, 3.63) is 75.0 Å².